The molecule has 0 spiro atoms. The van der Waals surface area contributed by atoms with Gasteiger partial charge in [0.2, 0.25) is 0 Å². The molecule has 0 radical (unpaired) electrons. The van der Waals surface area contributed by atoms with Crippen LogP contribution < -0.4 is 0 Å². The van der Waals surface area contributed by atoms with Crippen LogP contribution in [0.1, 0.15) is 37.3 Å². The van der Waals surface area contributed by atoms with Crippen LogP contribution in [-0.4, -0.2) is 14.8 Å². The lowest BCUT2D eigenvalue weighted by Crippen LogP contribution is -2.35. The van der Waals surface area contributed by atoms with Crippen molar-refractivity contribution in [2.45, 2.75) is 36.6 Å². The summed E-state index contributed by atoms with van der Waals surface area (Å²) in [6.45, 7) is 0. The van der Waals surface area contributed by atoms with Crippen molar-refractivity contribution in [3.05, 3.63) is 48.5 Å². The summed E-state index contributed by atoms with van der Waals surface area (Å²) >= 11 is 6.97. The topological polar surface area (TPSA) is 30.7 Å². The minimum atomic E-state index is -0.354. The van der Waals surface area contributed by atoms with Gasteiger partial charge < -0.3 is 0 Å². The van der Waals surface area contributed by atoms with Gasteiger partial charge >= 0.3 is 0 Å². The Bertz CT molecular complexity index is 497. The fourth-order valence-corrected chi connectivity index (χ4v) is 3.36. The van der Waals surface area contributed by atoms with E-state index >= 15 is 0 Å². The van der Waals surface area contributed by atoms with E-state index in [1.54, 1.807) is 12.7 Å². The maximum atomic E-state index is 6.97. The minimum absolute atomic E-state index is 0.192. The first-order valence-electron chi connectivity index (χ1n) is 6.39. The fraction of sp³-hybridized carbons (Fsp3) is 0.429. The Labute approximate surface area is 112 Å². The molecule has 1 aliphatic rings. The number of hydrogen-bond donors (Lipinski definition) is 0. The second kappa shape index (κ2) is 4.73. The van der Waals surface area contributed by atoms with Gasteiger partial charge in [0, 0.05) is 0 Å². The van der Waals surface area contributed by atoms with Gasteiger partial charge in [-0.1, -0.05) is 43.2 Å². The van der Waals surface area contributed by atoms with E-state index in [9.17, 15) is 0 Å². The zero-order chi connectivity index (χ0) is 12.4. The van der Waals surface area contributed by atoms with Gasteiger partial charge in [-0.15, -0.1) is 11.6 Å². The first kappa shape index (κ1) is 11.7. The summed E-state index contributed by atoms with van der Waals surface area (Å²) in [5.74, 6) is 0. The van der Waals surface area contributed by atoms with Crippen LogP contribution in [0.4, 0.5) is 0 Å². The molecule has 2 unspecified atom stereocenters. The Morgan fingerprint density at radius 2 is 2.06 bits per heavy atom. The van der Waals surface area contributed by atoms with Crippen molar-refractivity contribution in [2.24, 2.45) is 0 Å². The molecule has 1 aliphatic carbocycles. The molecular formula is C14H16ClN3. The molecule has 3 nitrogen and oxygen atoms in total. The molecule has 0 amide bonds. The highest BCUT2D eigenvalue weighted by molar-refractivity contribution is 6.24. The highest BCUT2D eigenvalue weighted by Gasteiger charge is 2.42. The average molecular weight is 262 g/mol. The summed E-state index contributed by atoms with van der Waals surface area (Å²) in [5, 5.41) is 4.28. The Hall–Kier alpha value is -1.35. The predicted molar refractivity (Wildman–Crippen MR) is 71.5 cm³/mol. The Morgan fingerprint density at radius 3 is 2.78 bits per heavy atom. The standard InChI is InChI=1S/C14H16ClN3/c15-14(12-6-2-1-3-7-12)9-5-4-8-13(14)18-11-16-10-17-18/h1-3,6-7,10-11,13H,4-5,8-9H2. The van der Waals surface area contributed by atoms with Crippen LogP contribution in [0.15, 0.2) is 43.0 Å². The number of alkyl halides is 1. The van der Waals surface area contributed by atoms with Gasteiger partial charge in [-0.25, -0.2) is 9.67 Å². The van der Waals surface area contributed by atoms with Crippen LogP contribution in [0, 0.1) is 0 Å². The lowest BCUT2D eigenvalue weighted by atomic mass is 9.79. The summed E-state index contributed by atoms with van der Waals surface area (Å²) in [6, 6.07) is 10.5. The molecular weight excluding hydrogens is 246 g/mol. The first-order valence-corrected chi connectivity index (χ1v) is 6.77. The van der Waals surface area contributed by atoms with E-state index in [4.69, 9.17) is 11.6 Å². The maximum Gasteiger partial charge on any atom is 0.137 e. The summed E-state index contributed by atoms with van der Waals surface area (Å²) in [4.78, 5) is 3.70. The molecule has 3 rings (SSSR count). The average Bonchev–Trinajstić information content (AvgIpc) is 2.94. The van der Waals surface area contributed by atoms with Gasteiger partial charge in [0.1, 0.15) is 12.7 Å². The molecule has 94 valence electrons. The second-order valence-electron chi connectivity index (χ2n) is 4.87. The number of benzene rings is 1. The van der Waals surface area contributed by atoms with Crippen molar-refractivity contribution < 1.29 is 0 Å². The molecule has 1 saturated carbocycles. The zero-order valence-electron chi connectivity index (χ0n) is 10.2. The molecule has 18 heavy (non-hydrogen) atoms. The number of rotatable bonds is 2. The molecule has 1 aromatic heterocycles. The Balaban J connectivity index is 2.01. The van der Waals surface area contributed by atoms with Gasteiger partial charge in [-0.05, 0) is 18.4 Å². The van der Waals surface area contributed by atoms with Crippen LogP contribution in [0.2, 0.25) is 0 Å². The molecule has 1 heterocycles. The van der Waals surface area contributed by atoms with Gasteiger partial charge in [-0.3, -0.25) is 0 Å². The lowest BCUT2D eigenvalue weighted by molar-refractivity contribution is 0.250. The third-order valence-corrected chi connectivity index (χ3v) is 4.47. The van der Waals surface area contributed by atoms with Crippen molar-refractivity contribution >= 4 is 11.6 Å². The molecule has 0 aliphatic heterocycles. The van der Waals surface area contributed by atoms with Crippen LogP contribution in [0.5, 0.6) is 0 Å². The van der Waals surface area contributed by atoms with Gasteiger partial charge in [0.05, 0.1) is 10.9 Å². The smallest absolute Gasteiger partial charge is 0.137 e. The summed E-state index contributed by atoms with van der Waals surface area (Å²) in [5.41, 5.74) is 1.19. The van der Waals surface area contributed by atoms with Crippen LogP contribution in [0.3, 0.4) is 0 Å². The number of aromatic nitrogens is 3. The quantitative estimate of drug-likeness (QED) is 0.775. The largest absolute Gasteiger partial charge is 0.248 e. The SMILES string of the molecule is ClC1(c2ccccc2)CCCCC1n1cncn1. The van der Waals surface area contributed by atoms with Crippen LogP contribution >= 0.6 is 11.6 Å². The van der Waals surface area contributed by atoms with E-state index in [-0.39, 0.29) is 10.9 Å². The normalized spacial score (nSPS) is 28.2. The molecule has 0 bridgehead atoms. The molecule has 4 heteroatoms. The van der Waals surface area contributed by atoms with Crippen molar-refractivity contribution in [1.29, 1.82) is 0 Å². The Morgan fingerprint density at radius 1 is 1.22 bits per heavy atom. The predicted octanol–water partition coefficient (Wildman–Crippen LogP) is 3.53. The highest BCUT2D eigenvalue weighted by atomic mass is 35.5. The molecule has 1 fully saturated rings. The molecule has 2 aromatic rings. The van der Waals surface area contributed by atoms with Crippen molar-refractivity contribution in [2.75, 3.05) is 0 Å². The number of nitrogens with zero attached hydrogens (tertiary/aromatic N) is 3. The minimum Gasteiger partial charge on any atom is -0.248 e. The molecule has 0 saturated heterocycles. The van der Waals surface area contributed by atoms with E-state index in [1.807, 2.05) is 22.9 Å². The summed E-state index contributed by atoms with van der Waals surface area (Å²) in [7, 11) is 0. The van der Waals surface area contributed by atoms with Crippen LogP contribution in [-0.2, 0) is 4.87 Å². The molecule has 2 atom stereocenters. The zero-order valence-corrected chi connectivity index (χ0v) is 10.9. The van der Waals surface area contributed by atoms with E-state index in [1.165, 1.54) is 18.4 Å². The Kier molecular flexibility index (Phi) is 3.08. The molecule has 1 aromatic carbocycles. The monoisotopic (exact) mass is 261 g/mol. The first-order chi connectivity index (χ1) is 8.81. The van der Waals surface area contributed by atoms with Crippen molar-refractivity contribution in [3.8, 4) is 0 Å². The van der Waals surface area contributed by atoms with Crippen molar-refractivity contribution in [1.82, 2.24) is 14.8 Å². The lowest BCUT2D eigenvalue weighted by Gasteiger charge is -2.39. The third-order valence-electron chi connectivity index (χ3n) is 3.81. The number of halogens is 1. The van der Waals surface area contributed by atoms with Gasteiger partial charge in [0.25, 0.3) is 0 Å². The van der Waals surface area contributed by atoms with E-state index < -0.39 is 0 Å². The maximum absolute atomic E-state index is 6.97. The summed E-state index contributed by atoms with van der Waals surface area (Å²) in [6.07, 6.45) is 7.77. The summed E-state index contributed by atoms with van der Waals surface area (Å²) < 4.78 is 1.92. The number of hydrogen-bond acceptors (Lipinski definition) is 2. The highest BCUT2D eigenvalue weighted by Crippen LogP contribution is 2.49. The fourth-order valence-electron chi connectivity index (χ4n) is 2.89. The van der Waals surface area contributed by atoms with Gasteiger partial charge in [-0.2, -0.15) is 5.10 Å². The second-order valence-corrected chi connectivity index (χ2v) is 5.54. The van der Waals surface area contributed by atoms with Crippen molar-refractivity contribution in [3.63, 3.8) is 0 Å². The van der Waals surface area contributed by atoms with E-state index in [2.05, 4.69) is 22.2 Å². The van der Waals surface area contributed by atoms with E-state index in [0.29, 0.717) is 0 Å². The van der Waals surface area contributed by atoms with Gasteiger partial charge in [0.15, 0.2) is 0 Å². The van der Waals surface area contributed by atoms with Crippen LogP contribution in [0.25, 0.3) is 0 Å². The molecule has 0 N–H and O–H groups in total. The third kappa shape index (κ3) is 1.93. The van der Waals surface area contributed by atoms with E-state index in [0.717, 1.165) is 12.8 Å².